The van der Waals surface area contributed by atoms with E-state index in [0.717, 1.165) is 21.5 Å². The van der Waals surface area contributed by atoms with E-state index in [1.165, 1.54) is 0 Å². The normalized spacial score (nSPS) is 11.6. The summed E-state index contributed by atoms with van der Waals surface area (Å²) in [7, 11) is 1.62. The monoisotopic (exact) mass is 409 g/mol. The van der Waals surface area contributed by atoms with E-state index in [9.17, 15) is 4.79 Å². The molecule has 1 N–H and O–H groups in total. The molecule has 26 heavy (non-hydrogen) atoms. The molecule has 0 aromatic heterocycles. The summed E-state index contributed by atoms with van der Waals surface area (Å²) in [6.07, 6.45) is 0.364. The molecule has 3 rings (SSSR count). The molecule has 0 saturated carbocycles. The van der Waals surface area contributed by atoms with Crippen molar-refractivity contribution in [3.8, 4) is 5.75 Å². The Balaban J connectivity index is 1.82. The number of hydrogen-bond acceptors (Lipinski definition) is 3. The van der Waals surface area contributed by atoms with E-state index in [2.05, 4.69) is 21.2 Å². The number of rotatable bonds is 7. The van der Waals surface area contributed by atoms with E-state index < -0.39 is 0 Å². The maximum atomic E-state index is 12.8. The molecule has 0 aliphatic rings. The molecule has 1 atom stereocenters. The fourth-order valence-electron chi connectivity index (χ4n) is 2.80. The topological polar surface area (TPSA) is 38.3 Å². The molecule has 0 unspecified atom stereocenters. The zero-order valence-electron chi connectivity index (χ0n) is 14.5. The van der Waals surface area contributed by atoms with Crippen LogP contribution in [-0.2, 0) is 0 Å². The maximum Gasteiger partial charge on any atom is 0.165 e. The van der Waals surface area contributed by atoms with E-state index in [0.29, 0.717) is 12.0 Å². The molecule has 3 aromatic carbocycles. The van der Waals surface area contributed by atoms with Crippen molar-refractivity contribution in [3.05, 3.63) is 94.5 Å². The van der Waals surface area contributed by atoms with Gasteiger partial charge in [0.2, 0.25) is 0 Å². The lowest BCUT2D eigenvalue weighted by Crippen LogP contribution is -2.15. The van der Waals surface area contributed by atoms with Gasteiger partial charge in [-0.3, -0.25) is 4.79 Å². The molecular formula is C22H20BrNO2. The molecule has 0 saturated heterocycles. The molecule has 3 nitrogen and oxygen atoms in total. The number of methoxy groups -OCH3 is 1. The molecule has 3 aromatic rings. The third-order valence-electron chi connectivity index (χ3n) is 4.17. The summed E-state index contributed by atoms with van der Waals surface area (Å²) in [6, 6.07) is 25.1. The first-order valence-electron chi connectivity index (χ1n) is 8.40. The Morgan fingerprint density at radius 1 is 1.00 bits per heavy atom. The smallest absolute Gasteiger partial charge is 0.165 e. The van der Waals surface area contributed by atoms with Crippen molar-refractivity contribution in [2.24, 2.45) is 0 Å². The largest absolute Gasteiger partial charge is 0.497 e. The Morgan fingerprint density at radius 2 is 1.73 bits per heavy atom. The van der Waals surface area contributed by atoms with Crippen molar-refractivity contribution in [1.82, 2.24) is 0 Å². The highest BCUT2D eigenvalue weighted by Crippen LogP contribution is 2.26. The zero-order valence-corrected chi connectivity index (χ0v) is 16.1. The second-order valence-corrected chi connectivity index (χ2v) is 6.89. The summed E-state index contributed by atoms with van der Waals surface area (Å²) >= 11 is 3.49. The van der Waals surface area contributed by atoms with Gasteiger partial charge in [0.05, 0.1) is 13.2 Å². The van der Waals surface area contributed by atoms with Crippen LogP contribution in [0.2, 0.25) is 0 Å². The van der Waals surface area contributed by atoms with E-state index >= 15 is 0 Å². The Labute approximate surface area is 162 Å². The fourth-order valence-corrected chi connectivity index (χ4v) is 3.20. The number of ether oxygens (including phenoxy) is 1. The van der Waals surface area contributed by atoms with Gasteiger partial charge in [-0.15, -0.1) is 0 Å². The number of benzene rings is 3. The number of Topliss-reactive ketones (excluding diaryl/α,β-unsaturated/α-hetero) is 1. The number of anilines is 1. The lowest BCUT2D eigenvalue weighted by Gasteiger charge is -2.20. The van der Waals surface area contributed by atoms with Crippen molar-refractivity contribution in [2.45, 2.75) is 12.5 Å². The van der Waals surface area contributed by atoms with Gasteiger partial charge in [0.25, 0.3) is 0 Å². The van der Waals surface area contributed by atoms with Gasteiger partial charge < -0.3 is 10.1 Å². The number of hydrogen-bond donors (Lipinski definition) is 1. The van der Waals surface area contributed by atoms with Gasteiger partial charge >= 0.3 is 0 Å². The predicted octanol–water partition coefficient (Wildman–Crippen LogP) is 5.88. The first-order chi connectivity index (χ1) is 12.7. The molecule has 0 spiro atoms. The van der Waals surface area contributed by atoms with Crippen LogP contribution < -0.4 is 10.1 Å². The third kappa shape index (κ3) is 4.73. The van der Waals surface area contributed by atoms with Gasteiger partial charge in [0.15, 0.2) is 5.78 Å². The van der Waals surface area contributed by atoms with Gasteiger partial charge in [-0.25, -0.2) is 0 Å². The fraction of sp³-hybridized carbons (Fsp3) is 0.136. The van der Waals surface area contributed by atoms with Crippen molar-refractivity contribution in [1.29, 1.82) is 0 Å². The van der Waals surface area contributed by atoms with Gasteiger partial charge in [-0.1, -0.05) is 52.3 Å². The van der Waals surface area contributed by atoms with Crippen LogP contribution in [0.5, 0.6) is 5.75 Å². The number of carbonyl (C=O) groups is 1. The van der Waals surface area contributed by atoms with Gasteiger partial charge in [0, 0.05) is 22.1 Å². The highest BCUT2D eigenvalue weighted by molar-refractivity contribution is 9.10. The minimum absolute atomic E-state index is 0.0870. The van der Waals surface area contributed by atoms with Crippen molar-refractivity contribution in [3.63, 3.8) is 0 Å². The molecule has 4 heteroatoms. The number of halogens is 1. The highest BCUT2D eigenvalue weighted by Gasteiger charge is 2.17. The Kier molecular flexibility index (Phi) is 6.08. The van der Waals surface area contributed by atoms with Crippen molar-refractivity contribution in [2.75, 3.05) is 12.4 Å². The lowest BCUT2D eigenvalue weighted by molar-refractivity contribution is 0.0976. The van der Waals surface area contributed by atoms with Gasteiger partial charge in [0.1, 0.15) is 5.75 Å². The molecule has 0 radical (unpaired) electrons. The lowest BCUT2D eigenvalue weighted by atomic mass is 9.97. The zero-order chi connectivity index (χ0) is 18.4. The first kappa shape index (κ1) is 18.2. The Bertz CT molecular complexity index is 863. The molecule has 0 aliphatic heterocycles. The van der Waals surface area contributed by atoms with Gasteiger partial charge in [-0.05, 0) is 48.0 Å². The SMILES string of the molecule is COc1ccc(C(=O)C[C@@H](Nc2cccc(Br)c2)c2ccccc2)cc1. The molecule has 0 heterocycles. The third-order valence-corrected chi connectivity index (χ3v) is 4.66. The second-order valence-electron chi connectivity index (χ2n) is 5.97. The van der Waals surface area contributed by atoms with Crippen LogP contribution in [0.4, 0.5) is 5.69 Å². The molecule has 132 valence electrons. The summed E-state index contributed by atoms with van der Waals surface area (Å²) < 4.78 is 6.16. The summed E-state index contributed by atoms with van der Waals surface area (Å²) in [4.78, 5) is 12.8. The molecule has 0 bridgehead atoms. The molecule has 0 amide bonds. The summed E-state index contributed by atoms with van der Waals surface area (Å²) in [5.41, 5.74) is 2.73. The van der Waals surface area contributed by atoms with Crippen LogP contribution in [-0.4, -0.2) is 12.9 Å². The molecule has 0 aliphatic carbocycles. The Morgan fingerprint density at radius 3 is 2.38 bits per heavy atom. The quantitative estimate of drug-likeness (QED) is 0.494. The highest BCUT2D eigenvalue weighted by atomic mass is 79.9. The molecule has 0 fully saturated rings. The van der Waals surface area contributed by atoms with Crippen LogP contribution in [0.3, 0.4) is 0 Å². The molecular weight excluding hydrogens is 390 g/mol. The first-order valence-corrected chi connectivity index (χ1v) is 9.19. The number of nitrogens with one attached hydrogen (secondary N) is 1. The van der Waals surface area contributed by atoms with Crippen molar-refractivity contribution < 1.29 is 9.53 Å². The standard InChI is InChI=1S/C22H20BrNO2/c1-26-20-12-10-17(11-13-20)22(25)15-21(16-6-3-2-4-7-16)24-19-9-5-8-18(23)14-19/h2-14,21,24H,15H2,1H3/t21-/m1/s1. The van der Waals surface area contributed by atoms with Crippen LogP contribution >= 0.6 is 15.9 Å². The van der Waals surface area contributed by atoms with Crippen molar-refractivity contribution >= 4 is 27.4 Å². The number of carbonyl (C=O) groups excluding carboxylic acids is 1. The van der Waals surface area contributed by atoms with Gasteiger partial charge in [-0.2, -0.15) is 0 Å². The van der Waals surface area contributed by atoms with Crippen LogP contribution in [0.25, 0.3) is 0 Å². The van der Waals surface area contributed by atoms with E-state index in [-0.39, 0.29) is 11.8 Å². The average Bonchev–Trinajstić information content (AvgIpc) is 2.68. The Hall–Kier alpha value is -2.59. The van der Waals surface area contributed by atoms with E-state index in [4.69, 9.17) is 4.74 Å². The second kappa shape index (κ2) is 8.68. The summed E-state index contributed by atoms with van der Waals surface area (Å²) in [5.74, 6) is 0.831. The van der Waals surface area contributed by atoms with E-state index in [1.54, 1.807) is 7.11 Å². The van der Waals surface area contributed by atoms with Crippen LogP contribution in [0, 0.1) is 0 Å². The predicted molar refractivity (Wildman–Crippen MR) is 109 cm³/mol. The van der Waals surface area contributed by atoms with Crippen LogP contribution in [0.15, 0.2) is 83.3 Å². The summed E-state index contributed by atoms with van der Waals surface area (Å²) in [6.45, 7) is 0. The summed E-state index contributed by atoms with van der Waals surface area (Å²) in [5, 5.41) is 3.48. The maximum absolute atomic E-state index is 12.8. The average molecular weight is 410 g/mol. The van der Waals surface area contributed by atoms with E-state index in [1.807, 2.05) is 78.9 Å². The minimum atomic E-state index is -0.111. The minimum Gasteiger partial charge on any atom is -0.497 e. The number of ketones is 1. The van der Waals surface area contributed by atoms with Crippen LogP contribution in [0.1, 0.15) is 28.4 Å².